The van der Waals surface area contributed by atoms with E-state index in [4.69, 9.17) is 9.47 Å². The number of hydrogen-bond acceptors (Lipinski definition) is 9. The van der Waals surface area contributed by atoms with Crippen molar-refractivity contribution in [2.45, 2.75) is 44.4 Å². The second-order valence-corrected chi connectivity index (χ2v) is 11.5. The number of β-lactam (4-membered cyclic amide) rings is 1. The van der Waals surface area contributed by atoms with Gasteiger partial charge in [-0.05, 0) is 38.2 Å². The predicted octanol–water partition coefficient (Wildman–Crippen LogP) is 4.06. The second kappa shape index (κ2) is 9.75. The number of amides is 1. The highest BCUT2D eigenvalue weighted by atomic mass is 32.2. The minimum absolute atomic E-state index is 0.0788. The zero-order chi connectivity index (χ0) is 27.4. The van der Waals surface area contributed by atoms with E-state index in [1.165, 1.54) is 34.9 Å². The third-order valence-corrected chi connectivity index (χ3v) is 9.25. The largest absolute Gasteiger partial charge is 0.513 e. The van der Waals surface area contributed by atoms with Gasteiger partial charge in [-0.2, -0.15) is 0 Å². The molecule has 0 radical (unpaired) electrons. The van der Waals surface area contributed by atoms with Crippen LogP contribution in [0.1, 0.15) is 30.7 Å². The van der Waals surface area contributed by atoms with Gasteiger partial charge < -0.3 is 24.6 Å². The van der Waals surface area contributed by atoms with Crippen LogP contribution in [-0.4, -0.2) is 67.5 Å². The quantitative estimate of drug-likeness (QED) is 0.182. The molecule has 2 aliphatic rings. The zero-order valence-corrected chi connectivity index (χ0v) is 22.8. The molecule has 4 heterocycles. The number of rotatable bonds is 8. The summed E-state index contributed by atoms with van der Waals surface area (Å²) in [7, 11) is 0. The summed E-state index contributed by atoms with van der Waals surface area (Å²) in [5.74, 6) is -2.05. The first-order chi connectivity index (χ1) is 18.1. The number of fused-ring (bicyclic) bond motifs is 2. The fourth-order valence-electron chi connectivity index (χ4n) is 5.50. The lowest BCUT2D eigenvalue weighted by Gasteiger charge is -2.50. The Bertz CT molecular complexity index is 1480. The highest BCUT2D eigenvalue weighted by Gasteiger charge is 2.66. The Morgan fingerprint density at radius 3 is 2.71 bits per heavy atom. The van der Waals surface area contributed by atoms with Crippen LogP contribution in [0, 0.1) is 18.3 Å². The van der Waals surface area contributed by atoms with Crippen LogP contribution in [0.2, 0.25) is 0 Å². The highest BCUT2D eigenvalue weighted by Crippen LogP contribution is 2.60. The number of benzene rings is 1. The molecule has 1 amide bonds. The molecule has 4 atom stereocenters. The third kappa shape index (κ3) is 4.07. The van der Waals surface area contributed by atoms with Crippen LogP contribution in [-0.2, 0) is 14.3 Å². The minimum atomic E-state index is -1.23. The summed E-state index contributed by atoms with van der Waals surface area (Å²) in [5, 5.41) is 21.5. The molecule has 1 saturated heterocycles. The Morgan fingerprint density at radius 2 is 2.05 bits per heavy atom. The molecule has 0 saturated carbocycles. The first kappa shape index (κ1) is 26.3. The molecule has 200 valence electrons. The standard InChI is InChI=1S/C26H27N3O7S2/c1-13-7-5-6-8-15(13)36-25(34)35-10-9-26(3)18(16-11-28-12-27-21(37-4)23(28)38-16)19(24(32)33)29-20(26)17(14(2)30)22(29)31/h5-8,11-12,14,17,20,30H,9-10H2,1-4H3,(H,32,33)/t14?,17-,20-,26+/m1/s1. The monoisotopic (exact) mass is 557 g/mol. The predicted molar refractivity (Wildman–Crippen MR) is 141 cm³/mol. The molecular formula is C26H27N3O7S2. The Kier molecular flexibility index (Phi) is 6.74. The number of aromatic nitrogens is 2. The number of nitrogens with zero attached hydrogens (tertiary/aromatic N) is 3. The number of aliphatic hydroxyl groups is 1. The summed E-state index contributed by atoms with van der Waals surface area (Å²) >= 11 is 2.87. The molecule has 12 heteroatoms. The smallest absolute Gasteiger partial charge is 0.477 e. The van der Waals surface area contributed by atoms with Gasteiger partial charge in [-0.1, -0.05) is 25.1 Å². The highest BCUT2D eigenvalue weighted by molar-refractivity contribution is 7.98. The number of carboxylic acid groups (broad SMARTS) is 1. The average Bonchev–Trinajstić information content (AvgIpc) is 3.49. The lowest BCUT2D eigenvalue weighted by atomic mass is 9.66. The van der Waals surface area contributed by atoms with E-state index in [0.717, 1.165) is 15.4 Å². The molecule has 2 aromatic heterocycles. The number of aliphatic hydroxyl groups excluding tert-OH is 1. The van der Waals surface area contributed by atoms with Crippen molar-refractivity contribution >= 4 is 51.5 Å². The van der Waals surface area contributed by atoms with Crippen LogP contribution in [0.4, 0.5) is 4.79 Å². The van der Waals surface area contributed by atoms with Gasteiger partial charge in [0.1, 0.15) is 27.6 Å². The Morgan fingerprint density at radius 1 is 1.32 bits per heavy atom. The van der Waals surface area contributed by atoms with Crippen LogP contribution >= 0.6 is 23.1 Å². The molecule has 0 bridgehead atoms. The Labute approximate surface area is 226 Å². The number of imidazole rings is 1. The SMILES string of the molecule is CSc1ncn2cc(C3=C(C(=O)O)N4C(=O)[C@H](C(C)O)[C@@H]4[C@@]3(C)CCOC(=O)Oc3ccccc3C)sc12. The number of para-hydroxylation sites is 1. The molecule has 38 heavy (non-hydrogen) atoms. The number of aryl methyl sites for hydroxylation is 1. The number of hydrogen-bond donors (Lipinski definition) is 2. The second-order valence-electron chi connectivity index (χ2n) is 9.64. The van der Waals surface area contributed by atoms with Gasteiger partial charge in [0.2, 0.25) is 5.91 Å². The number of carbonyl (C=O) groups is 3. The van der Waals surface area contributed by atoms with Crippen molar-refractivity contribution in [2.75, 3.05) is 12.9 Å². The average molecular weight is 558 g/mol. The number of aliphatic carboxylic acids is 1. The number of carbonyl (C=O) groups excluding carboxylic acids is 2. The first-order valence-electron chi connectivity index (χ1n) is 12.0. The molecular weight excluding hydrogens is 530 g/mol. The summed E-state index contributed by atoms with van der Waals surface area (Å²) in [6, 6.07) is 6.45. The van der Waals surface area contributed by atoms with Crippen molar-refractivity contribution in [3.05, 3.63) is 52.9 Å². The lowest BCUT2D eigenvalue weighted by Crippen LogP contribution is -2.66. The maximum atomic E-state index is 13.1. The Hall–Kier alpha value is -3.35. The van der Waals surface area contributed by atoms with Crippen LogP contribution < -0.4 is 4.74 Å². The van der Waals surface area contributed by atoms with Gasteiger partial charge >= 0.3 is 12.1 Å². The van der Waals surface area contributed by atoms with E-state index in [-0.39, 0.29) is 18.7 Å². The van der Waals surface area contributed by atoms with Crippen molar-refractivity contribution in [1.29, 1.82) is 0 Å². The van der Waals surface area contributed by atoms with E-state index >= 15 is 0 Å². The normalized spacial score (nSPS) is 23.4. The van der Waals surface area contributed by atoms with Crippen molar-refractivity contribution in [2.24, 2.45) is 11.3 Å². The maximum absolute atomic E-state index is 13.1. The van der Waals surface area contributed by atoms with Crippen LogP contribution in [0.3, 0.4) is 0 Å². The maximum Gasteiger partial charge on any atom is 0.513 e. The van der Waals surface area contributed by atoms with Crippen LogP contribution in [0.5, 0.6) is 5.75 Å². The molecule has 0 aliphatic carbocycles. The molecule has 10 nitrogen and oxygen atoms in total. The molecule has 1 fully saturated rings. The van der Waals surface area contributed by atoms with Crippen molar-refractivity contribution in [3.63, 3.8) is 0 Å². The number of ether oxygens (including phenoxy) is 2. The summed E-state index contributed by atoms with van der Waals surface area (Å²) in [6.45, 7) is 5.12. The lowest BCUT2D eigenvalue weighted by molar-refractivity contribution is -0.167. The van der Waals surface area contributed by atoms with Crippen molar-refractivity contribution < 1.29 is 34.1 Å². The van der Waals surface area contributed by atoms with Gasteiger partial charge in [0.05, 0.1) is 29.5 Å². The van der Waals surface area contributed by atoms with E-state index in [9.17, 15) is 24.6 Å². The minimum Gasteiger partial charge on any atom is -0.477 e. The number of thiazole rings is 1. The van der Waals surface area contributed by atoms with Crippen LogP contribution in [0.25, 0.3) is 10.4 Å². The van der Waals surface area contributed by atoms with Crippen molar-refractivity contribution in [1.82, 2.24) is 14.3 Å². The molecule has 0 spiro atoms. The molecule has 3 aromatic rings. The van der Waals surface area contributed by atoms with E-state index in [1.807, 2.05) is 42.8 Å². The van der Waals surface area contributed by atoms with Gasteiger partial charge in [-0.3, -0.25) is 9.20 Å². The van der Waals surface area contributed by atoms with E-state index in [1.54, 1.807) is 18.5 Å². The summed E-state index contributed by atoms with van der Waals surface area (Å²) in [6.07, 6.45) is 3.74. The summed E-state index contributed by atoms with van der Waals surface area (Å²) in [5.41, 5.74) is 0.218. The van der Waals surface area contributed by atoms with E-state index in [2.05, 4.69) is 4.98 Å². The third-order valence-electron chi connectivity index (χ3n) is 7.31. The molecule has 2 N–H and O–H groups in total. The van der Waals surface area contributed by atoms with Gasteiger partial charge in [-0.15, -0.1) is 23.1 Å². The van der Waals surface area contributed by atoms with Gasteiger partial charge in [-0.25, -0.2) is 14.6 Å². The van der Waals surface area contributed by atoms with Crippen molar-refractivity contribution in [3.8, 4) is 5.75 Å². The Balaban J connectivity index is 1.49. The zero-order valence-electron chi connectivity index (χ0n) is 21.2. The van der Waals surface area contributed by atoms with Gasteiger partial charge in [0, 0.05) is 17.2 Å². The fourth-order valence-corrected chi connectivity index (χ4v) is 7.46. The summed E-state index contributed by atoms with van der Waals surface area (Å²) in [4.78, 5) is 45.2. The van der Waals surface area contributed by atoms with Crippen LogP contribution in [0.15, 0.2) is 47.5 Å². The van der Waals surface area contributed by atoms with E-state index < -0.39 is 41.5 Å². The first-order valence-corrected chi connectivity index (χ1v) is 14.0. The van der Waals surface area contributed by atoms with Gasteiger partial charge in [0.25, 0.3) is 0 Å². The molecule has 1 aromatic carbocycles. The summed E-state index contributed by atoms with van der Waals surface area (Å²) < 4.78 is 12.6. The molecule has 1 unspecified atom stereocenters. The van der Waals surface area contributed by atoms with Gasteiger partial charge in [0.15, 0.2) is 0 Å². The van der Waals surface area contributed by atoms with E-state index in [0.29, 0.717) is 16.2 Å². The fraction of sp³-hybridized carbons (Fsp3) is 0.385. The molecule has 2 aliphatic heterocycles. The number of carboxylic acids is 1. The molecule has 5 rings (SSSR count). The number of thioether (sulfide) groups is 1. The topological polar surface area (TPSA) is 131 Å².